The third-order valence-corrected chi connectivity index (χ3v) is 3.54. The fraction of sp³-hybridized carbons (Fsp3) is 0.643. The van der Waals surface area contributed by atoms with Crippen molar-refractivity contribution >= 4 is 17.4 Å². The molecule has 0 radical (unpaired) electrons. The summed E-state index contributed by atoms with van der Waals surface area (Å²) < 4.78 is 0. The summed E-state index contributed by atoms with van der Waals surface area (Å²) in [5.41, 5.74) is 0.956. The van der Waals surface area contributed by atoms with Crippen LogP contribution in [0.15, 0.2) is 12.1 Å². The summed E-state index contributed by atoms with van der Waals surface area (Å²) in [6.07, 6.45) is 3.75. The predicted octanol–water partition coefficient (Wildman–Crippen LogP) is 3.22. The molecule has 0 saturated heterocycles. The van der Waals surface area contributed by atoms with Crippen LogP contribution in [0.25, 0.3) is 0 Å². The summed E-state index contributed by atoms with van der Waals surface area (Å²) in [5, 5.41) is 4.04. The van der Waals surface area contributed by atoms with Gasteiger partial charge in [-0.05, 0) is 37.9 Å². The molecular weight excluding hydrogens is 246 g/mol. The van der Waals surface area contributed by atoms with Crippen LogP contribution >= 0.6 is 11.6 Å². The molecular formula is C14H22ClN3. The Hall–Kier alpha value is -0.800. The van der Waals surface area contributed by atoms with Crippen molar-refractivity contribution in [3.8, 4) is 0 Å². The second kappa shape index (κ2) is 6.39. The molecule has 0 spiro atoms. The lowest BCUT2D eigenvalue weighted by Crippen LogP contribution is -2.28. The molecule has 1 N–H and O–H groups in total. The number of nitrogens with zero attached hydrogens (tertiary/aromatic N) is 2. The van der Waals surface area contributed by atoms with Crippen LogP contribution in [-0.2, 0) is 6.54 Å². The zero-order chi connectivity index (χ0) is 13.0. The van der Waals surface area contributed by atoms with E-state index in [4.69, 9.17) is 16.6 Å². The Kier molecular flexibility index (Phi) is 4.84. The second-order valence-electron chi connectivity index (χ2n) is 4.80. The lowest BCUT2D eigenvalue weighted by molar-refractivity contribution is 0.701. The zero-order valence-corrected chi connectivity index (χ0v) is 12.0. The Bertz CT molecular complexity index is 391. The van der Waals surface area contributed by atoms with E-state index in [9.17, 15) is 0 Å². The first-order valence-corrected chi connectivity index (χ1v) is 7.26. The summed E-state index contributed by atoms with van der Waals surface area (Å²) in [4.78, 5) is 7.14. The molecule has 1 fully saturated rings. The molecule has 0 aliphatic heterocycles. The van der Waals surface area contributed by atoms with Gasteiger partial charge in [0.15, 0.2) is 0 Å². The van der Waals surface area contributed by atoms with E-state index in [2.05, 4.69) is 24.1 Å². The first kappa shape index (κ1) is 13.6. The van der Waals surface area contributed by atoms with Gasteiger partial charge >= 0.3 is 0 Å². The van der Waals surface area contributed by atoms with Crippen LogP contribution in [0.3, 0.4) is 0 Å². The minimum absolute atomic E-state index is 0.700. The van der Waals surface area contributed by atoms with Gasteiger partial charge in [0, 0.05) is 19.1 Å². The van der Waals surface area contributed by atoms with Crippen molar-refractivity contribution in [2.24, 2.45) is 0 Å². The molecule has 0 atom stereocenters. The van der Waals surface area contributed by atoms with Crippen LogP contribution in [-0.4, -0.2) is 24.1 Å². The Labute approximate surface area is 115 Å². The van der Waals surface area contributed by atoms with Crippen molar-refractivity contribution in [2.45, 2.75) is 45.7 Å². The number of anilines is 1. The topological polar surface area (TPSA) is 28.2 Å². The molecule has 2 rings (SSSR count). The number of rotatable bonds is 7. The summed E-state index contributed by atoms with van der Waals surface area (Å²) in [6.45, 7) is 7.06. The summed E-state index contributed by atoms with van der Waals surface area (Å²) >= 11 is 6.19. The Morgan fingerprint density at radius 3 is 2.78 bits per heavy atom. The highest BCUT2D eigenvalue weighted by Crippen LogP contribution is 2.31. The van der Waals surface area contributed by atoms with Gasteiger partial charge in [0.25, 0.3) is 0 Å². The molecule has 1 aliphatic carbocycles. The fourth-order valence-corrected chi connectivity index (χ4v) is 2.28. The molecule has 0 bridgehead atoms. The highest BCUT2D eigenvalue weighted by molar-refractivity contribution is 6.31. The van der Waals surface area contributed by atoms with Gasteiger partial charge in [0.05, 0.1) is 10.7 Å². The average molecular weight is 268 g/mol. The number of hydrogen-bond acceptors (Lipinski definition) is 3. The van der Waals surface area contributed by atoms with Gasteiger partial charge in [-0.3, -0.25) is 0 Å². The van der Waals surface area contributed by atoms with Crippen LogP contribution in [0, 0.1) is 0 Å². The first-order valence-electron chi connectivity index (χ1n) is 6.89. The molecule has 3 nitrogen and oxygen atoms in total. The van der Waals surface area contributed by atoms with E-state index < -0.39 is 0 Å². The van der Waals surface area contributed by atoms with Crippen LogP contribution < -0.4 is 10.2 Å². The molecule has 0 unspecified atom stereocenters. The van der Waals surface area contributed by atoms with Gasteiger partial charge < -0.3 is 10.2 Å². The van der Waals surface area contributed by atoms with E-state index in [-0.39, 0.29) is 0 Å². The Morgan fingerprint density at radius 2 is 2.17 bits per heavy atom. The third kappa shape index (κ3) is 3.36. The van der Waals surface area contributed by atoms with Crippen molar-refractivity contribution in [3.05, 3.63) is 22.8 Å². The highest BCUT2D eigenvalue weighted by atomic mass is 35.5. The molecule has 1 aromatic heterocycles. The van der Waals surface area contributed by atoms with Crippen molar-refractivity contribution in [1.29, 1.82) is 0 Å². The minimum Gasteiger partial charge on any atom is -0.354 e. The van der Waals surface area contributed by atoms with Gasteiger partial charge in [-0.15, -0.1) is 0 Å². The summed E-state index contributed by atoms with van der Waals surface area (Å²) in [5.74, 6) is 1.08. The number of halogens is 1. The summed E-state index contributed by atoms with van der Waals surface area (Å²) in [7, 11) is 0. The largest absolute Gasteiger partial charge is 0.354 e. The quantitative estimate of drug-likeness (QED) is 0.822. The smallest absolute Gasteiger partial charge is 0.129 e. The van der Waals surface area contributed by atoms with Gasteiger partial charge in [-0.1, -0.05) is 25.4 Å². The standard InChI is InChI=1S/C14H22ClN3/c1-3-9-18(11-5-6-11)14-8-7-12(15)13(17-14)10-16-4-2/h7-8,11,16H,3-6,9-10H2,1-2H3. The maximum atomic E-state index is 6.19. The van der Waals surface area contributed by atoms with Gasteiger partial charge in [-0.25, -0.2) is 4.98 Å². The number of nitrogens with one attached hydrogen (secondary N) is 1. The monoisotopic (exact) mass is 267 g/mol. The molecule has 0 aromatic carbocycles. The summed E-state index contributed by atoms with van der Waals surface area (Å²) in [6, 6.07) is 4.72. The minimum atomic E-state index is 0.700. The Balaban J connectivity index is 2.15. The molecule has 100 valence electrons. The van der Waals surface area contributed by atoms with E-state index in [1.54, 1.807) is 0 Å². The molecule has 1 saturated carbocycles. The molecule has 4 heteroatoms. The van der Waals surface area contributed by atoms with E-state index >= 15 is 0 Å². The van der Waals surface area contributed by atoms with Crippen LogP contribution in [0.4, 0.5) is 5.82 Å². The van der Waals surface area contributed by atoms with Gasteiger partial charge in [-0.2, -0.15) is 0 Å². The predicted molar refractivity (Wildman–Crippen MR) is 77.3 cm³/mol. The number of aromatic nitrogens is 1. The van der Waals surface area contributed by atoms with Crippen molar-refractivity contribution in [3.63, 3.8) is 0 Å². The lowest BCUT2D eigenvalue weighted by atomic mass is 10.3. The van der Waals surface area contributed by atoms with Crippen LogP contribution in [0.5, 0.6) is 0 Å². The van der Waals surface area contributed by atoms with E-state index in [1.807, 2.05) is 12.1 Å². The molecule has 0 amide bonds. The highest BCUT2D eigenvalue weighted by Gasteiger charge is 2.29. The molecule has 18 heavy (non-hydrogen) atoms. The normalized spacial score (nSPS) is 14.8. The van der Waals surface area contributed by atoms with Crippen molar-refractivity contribution < 1.29 is 0 Å². The molecule has 1 aromatic rings. The second-order valence-corrected chi connectivity index (χ2v) is 5.21. The molecule has 1 heterocycles. The van der Waals surface area contributed by atoms with E-state index in [0.717, 1.165) is 42.6 Å². The van der Waals surface area contributed by atoms with Gasteiger partial charge in [0.1, 0.15) is 5.82 Å². The van der Waals surface area contributed by atoms with E-state index in [1.165, 1.54) is 12.8 Å². The maximum absolute atomic E-state index is 6.19. The zero-order valence-electron chi connectivity index (χ0n) is 11.2. The maximum Gasteiger partial charge on any atom is 0.129 e. The van der Waals surface area contributed by atoms with Crippen molar-refractivity contribution in [2.75, 3.05) is 18.0 Å². The van der Waals surface area contributed by atoms with Crippen molar-refractivity contribution in [1.82, 2.24) is 10.3 Å². The van der Waals surface area contributed by atoms with Gasteiger partial charge in [0.2, 0.25) is 0 Å². The number of hydrogen-bond donors (Lipinski definition) is 1. The SMILES string of the molecule is CCCN(c1ccc(Cl)c(CNCC)n1)C1CC1. The van der Waals surface area contributed by atoms with Crippen LogP contribution in [0.1, 0.15) is 38.8 Å². The Morgan fingerprint density at radius 1 is 1.39 bits per heavy atom. The number of pyridine rings is 1. The lowest BCUT2D eigenvalue weighted by Gasteiger charge is -2.23. The van der Waals surface area contributed by atoms with E-state index in [0.29, 0.717) is 6.04 Å². The first-order chi connectivity index (χ1) is 8.76. The van der Waals surface area contributed by atoms with Crippen LogP contribution in [0.2, 0.25) is 5.02 Å². The third-order valence-electron chi connectivity index (χ3n) is 3.19. The molecule has 1 aliphatic rings. The average Bonchev–Trinajstić information content (AvgIpc) is 3.19. The fourth-order valence-electron chi connectivity index (χ4n) is 2.11.